The predicted molar refractivity (Wildman–Crippen MR) is 38.8 cm³/mol. The van der Waals surface area contributed by atoms with E-state index in [4.69, 9.17) is 20.1 Å². The van der Waals surface area contributed by atoms with Crippen LogP contribution in [-0.2, 0) is 4.79 Å². The van der Waals surface area contributed by atoms with Crippen molar-refractivity contribution >= 4 is 5.97 Å². The summed E-state index contributed by atoms with van der Waals surface area (Å²) in [4.78, 5) is 9.00. The number of aliphatic hydroxyl groups is 2. The van der Waals surface area contributed by atoms with E-state index in [1.54, 1.807) is 13.8 Å². The lowest BCUT2D eigenvalue weighted by molar-refractivity contribution is -0.134. The molecule has 0 fully saturated rings. The molecule has 0 aliphatic rings. The molecule has 0 aliphatic carbocycles. The minimum absolute atomic E-state index is 0.250. The maximum absolute atomic E-state index is 9.00. The summed E-state index contributed by atoms with van der Waals surface area (Å²) in [5, 5.41) is 22.6. The van der Waals surface area contributed by atoms with Gasteiger partial charge in [0, 0.05) is 20.1 Å². The summed E-state index contributed by atoms with van der Waals surface area (Å²) in [6, 6.07) is 0. The highest BCUT2D eigenvalue weighted by Gasteiger charge is 1.65. The Morgan fingerprint density at radius 3 is 1.20 bits per heavy atom. The molecule has 0 heterocycles. The number of hydrogen-bond donors (Lipinski definition) is 3. The largest absolute Gasteiger partial charge is 0.481 e. The maximum Gasteiger partial charge on any atom is 0.300 e. The number of rotatable bonds is 0. The van der Waals surface area contributed by atoms with Crippen molar-refractivity contribution in [1.82, 2.24) is 0 Å². The zero-order chi connectivity index (χ0) is 8.99. The van der Waals surface area contributed by atoms with Crippen LogP contribution in [-0.4, -0.2) is 34.5 Å². The van der Waals surface area contributed by atoms with Crippen LogP contribution in [0.25, 0.3) is 0 Å². The molecule has 0 amide bonds. The van der Waals surface area contributed by atoms with E-state index >= 15 is 0 Å². The highest BCUT2D eigenvalue weighted by molar-refractivity contribution is 5.62. The number of aliphatic carboxylic acids is 1. The molecule has 0 rings (SSSR count). The fourth-order valence-electron chi connectivity index (χ4n) is 0. The van der Waals surface area contributed by atoms with Crippen LogP contribution >= 0.6 is 0 Å². The molecular formula is C6H16O4. The number of carboxylic acid groups (broad SMARTS) is 1. The molecule has 0 aliphatic heterocycles. The van der Waals surface area contributed by atoms with E-state index in [9.17, 15) is 0 Å². The topological polar surface area (TPSA) is 77.8 Å². The van der Waals surface area contributed by atoms with Crippen LogP contribution in [0, 0.1) is 0 Å². The average Bonchev–Trinajstić information content (AvgIpc) is 1.65. The monoisotopic (exact) mass is 152 g/mol. The Kier molecular flexibility index (Phi) is 38.5. The van der Waals surface area contributed by atoms with Gasteiger partial charge in [-0.2, -0.15) is 0 Å². The molecule has 0 spiro atoms. The SMILES string of the molecule is CC(=O)O.CCO.CCO. The van der Waals surface area contributed by atoms with Crippen molar-refractivity contribution in [3.05, 3.63) is 0 Å². The van der Waals surface area contributed by atoms with Crippen LogP contribution in [0.5, 0.6) is 0 Å². The third-order valence-electron chi connectivity index (χ3n) is 0. The summed E-state index contributed by atoms with van der Waals surface area (Å²) in [5.41, 5.74) is 0. The Morgan fingerprint density at radius 1 is 1.20 bits per heavy atom. The number of carboxylic acids is 1. The third kappa shape index (κ3) is 811. The van der Waals surface area contributed by atoms with Crippen molar-refractivity contribution in [2.24, 2.45) is 0 Å². The highest BCUT2D eigenvalue weighted by Crippen LogP contribution is 1.42. The molecule has 0 aromatic rings. The van der Waals surface area contributed by atoms with E-state index < -0.39 is 5.97 Å². The number of aliphatic hydroxyl groups excluding tert-OH is 2. The fraction of sp³-hybridized carbons (Fsp3) is 0.833. The van der Waals surface area contributed by atoms with Crippen molar-refractivity contribution in [3.63, 3.8) is 0 Å². The van der Waals surface area contributed by atoms with Gasteiger partial charge < -0.3 is 15.3 Å². The van der Waals surface area contributed by atoms with Gasteiger partial charge in [-0.15, -0.1) is 0 Å². The fourth-order valence-corrected chi connectivity index (χ4v) is 0. The average molecular weight is 152 g/mol. The van der Waals surface area contributed by atoms with Gasteiger partial charge >= 0.3 is 0 Å². The van der Waals surface area contributed by atoms with Gasteiger partial charge in [0.2, 0.25) is 0 Å². The van der Waals surface area contributed by atoms with Crippen LogP contribution in [0.2, 0.25) is 0 Å². The van der Waals surface area contributed by atoms with Crippen molar-refractivity contribution in [3.8, 4) is 0 Å². The minimum Gasteiger partial charge on any atom is -0.481 e. The lowest BCUT2D eigenvalue weighted by Gasteiger charge is -1.59. The zero-order valence-electron chi connectivity index (χ0n) is 6.66. The molecule has 4 heteroatoms. The van der Waals surface area contributed by atoms with E-state index in [0.717, 1.165) is 6.92 Å². The zero-order valence-corrected chi connectivity index (χ0v) is 6.66. The second-order valence-electron chi connectivity index (χ2n) is 1.15. The molecule has 0 aromatic carbocycles. The summed E-state index contributed by atoms with van der Waals surface area (Å²) >= 11 is 0. The first-order valence-corrected chi connectivity index (χ1v) is 2.97. The first-order valence-electron chi connectivity index (χ1n) is 2.97. The normalized spacial score (nSPS) is 6.10. The molecule has 0 saturated carbocycles. The molecule has 0 aromatic heterocycles. The lowest BCUT2D eigenvalue weighted by atomic mass is 10.9. The van der Waals surface area contributed by atoms with Crippen molar-refractivity contribution in [1.29, 1.82) is 0 Å². The van der Waals surface area contributed by atoms with Crippen molar-refractivity contribution in [2.45, 2.75) is 20.8 Å². The van der Waals surface area contributed by atoms with Gasteiger partial charge in [-0.1, -0.05) is 0 Å². The summed E-state index contributed by atoms with van der Waals surface area (Å²) in [5.74, 6) is -0.833. The van der Waals surface area contributed by atoms with Gasteiger partial charge in [-0.25, -0.2) is 0 Å². The summed E-state index contributed by atoms with van der Waals surface area (Å²) in [6.45, 7) is 4.94. The van der Waals surface area contributed by atoms with E-state index in [1.165, 1.54) is 0 Å². The van der Waals surface area contributed by atoms with Crippen LogP contribution in [0.3, 0.4) is 0 Å². The van der Waals surface area contributed by atoms with E-state index in [1.807, 2.05) is 0 Å². The molecule has 0 atom stereocenters. The Morgan fingerprint density at radius 2 is 1.20 bits per heavy atom. The Hall–Kier alpha value is -0.610. The minimum atomic E-state index is -0.833. The summed E-state index contributed by atoms with van der Waals surface area (Å²) in [7, 11) is 0. The number of hydrogen-bond acceptors (Lipinski definition) is 3. The second-order valence-corrected chi connectivity index (χ2v) is 1.15. The van der Waals surface area contributed by atoms with Gasteiger partial charge in [-0.3, -0.25) is 4.79 Å². The van der Waals surface area contributed by atoms with Crippen LogP contribution in [0.4, 0.5) is 0 Å². The van der Waals surface area contributed by atoms with Crippen LogP contribution < -0.4 is 0 Å². The first kappa shape index (κ1) is 16.2. The molecule has 0 saturated heterocycles. The van der Waals surface area contributed by atoms with Gasteiger partial charge in [0.25, 0.3) is 5.97 Å². The van der Waals surface area contributed by atoms with E-state index in [2.05, 4.69) is 0 Å². The smallest absolute Gasteiger partial charge is 0.300 e. The quantitative estimate of drug-likeness (QED) is 0.459. The Balaban J connectivity index is -0.0000000750. The van der Waals surface area contributed by atoms with E-state index in [-0.39, 0.29) is 13.2 Å². The molecule has 64 valence electrons. The lowest BCUT2D eigenvalue weighted by Crippen LogP contribution is -1.78. The molecule has 0 unspecified atom stereocenters. The summed E-state index contributed by atoms with van der Waals surface area (Å²) < 4.78 is 0. The predicted octanol–water partition coefficient (Wildman–Crippen LogP) is 0.0881. The molecule has 3 N–H and O–H groups in total. The van der Waals surface area contributed by atoms with Gasteiger partial charge in [0.05, 0.1) is 0 Å². The molecule has 10 heavy (non-hydrogen) atoms. The number of carbonyl (C=O) groups is 1. The Labute approximate surface area is 61.1 Å². The summed E-state index contributed by atoms with van der Waals surface area (Å²) in [6.07, 6.45) is 0. The molecular weight excluding hydrogens is 136 g/mol. The van der Waals surface area contributed by atoms with Crippen LogP contribution in [0.1, 0.15) is 20.8 Å². The van der Waals surface area contributed by atoms with Gasteiger partial charge in [0.15, 0.2) is 0 Å². The molecule has 0 radical (unpaired) electrons. The van der Waals surface area contributed by atoms with Gasteiger partial charge in [-0.05, 0) is 13.8 Å². The first-order chi connectivity index (χ1) is 4.56. The maximum atomic E-state index is 9.00. The molecule has 0 bridgehead atoms. The van der Waals surface area contributed by atoms with Gasteiger partial charge in [0.1, 0.15) is 0 Å². The Bertz CT molecular complexity index is 47.7. The highest BCUT2D eigenvalue weighted by atomic mass is 16.4. The standard InChI is InChI=1S/C2H4O2.2C2H6O/c1-2(3)4;2*1-2-3/h1H3,(H,3,4);2*3H,2H2,1H3. The second kappa shape index (κ2) is 23.8. The third-order valence-corrected chi connectivity index (χ3v) is 0. The van der Waals surface area contributed by atoms with Crippen LogP contribution in [0.15, 0.2) is 0 Å². The van der Waals surface area contributed by atoms with E-state index in [0.29, 0.717) is 0 Å². The van der Waals surface area contributed by atoms with Crippen molar-refractivity contribution < 1.29 is 20.1 Å². The van der Waals surface area contributed by atoms with Crippen molar-refractivity contribution in [2.75, 3.05) is 13.2 Å². The molecule has 4 nitrogen and oxygen atoms in total.